The van der Waals surface area contributed by atoms with Crippen LogP contribution in [0.15, 0.2) is 30.3 Å². The standard InChI is InChI=1S/C13H16N4O3/c14-11(18)8-15-12(19)9-16-6-7-17(13(16)20)10-4-2-1-3-5-10/h1-5H,6-9H2,(H2,14,18)(H,15,19). The lowest BCUT2D eigenvalue weighted by Gasteiger charge is -2.18. The molecule has 1 aromatic carbocycles. The van der Waals surface area contributed by atoms with E-state index in [1.165, 1.54) is 4.90 Å². The van der Waals surface area contributed by atoms with E-state index in [2.05, 4.69) is 5.32 Å². The van der Waals surface area contributed by atoms with Gasteiger partial charge >= 0.3 is 6.03 Å². The van der Waals surface area contributed by atoms with Crippen molar-refractivity contribution in [2.45, 2.75) is 0 Å². The van der Waals surface area contributed by atoms with E-state index in [1.54, 1.807) is 4.90 Å². The molecule has 1 aliphatic rings. The summed E-state index contributed by atoms with van der Waals surface area (Å²) in [7, 11) is 0. The van der Waals surface area contributed by atoms with Crippen molar-refractivity contribution < 1.29 is 14.4 Å². The highest BCUT2D eigenvalue weighted by molar-refractivity contribution is 5.96. The van der Waals surface area contributed by atoms with Crippen LogP contribution in [0.25, 0.3) is 0 Å². The highest BCUT2D eigenvalue weighted by Gasteiger charge is 2.30. The summed E-state index contributed by atoms with van der Waals surface area (Å²) in [5.74, 6) is -1.01. The minimum absolute atomic E-state index is 0.0740. The largest absolute Gasteiger partial charge is 0.368 e. The first-order valence-electron chi connectivity index (χ1n) is 6.24. The Labute approximate surface area is 116 Å². The molecule has 1 saturated heterocycles. The average molecular weight is 276 g/mol. The summed E-state index contributed by atoms with van der Waals surface area (Å²) in [5.41, 5.74) is 5.74. The molecule has 0 unspecified atom stereocenters. The summed E-state index contributed by atoms with van der Waals surface area (Å²) in [5, 5.41) is 2.36. The summed E-state index contributed by atoms with van der Waals surface area (Å²) in [6.07, 6.45) is 0. The molecule has 1 heterocycles. The molecular formula is C13H16N4O3. The fourth-order valence-electron chi connectivity index (χ4n) is 1.99. The Balaban J connectivity index is 1.91. The number of rotatable bonds is 5. The number of primary amides is 1. The zero-order valence-electron chi connectivity index (χ0n) is 10.9. The second-order valence-corrected chi connectivity index (χ2v) is 4.43. The first-order valence-corrected chi connectivity index (χ1v) is 6.24. The van der Waals surface area contributed by atoms with Crippen LogP contribution in [0.3, 0.4) is 0 Å². The van der Waals surface area contributed by atoms with Crippen molar-refractivity contribution >= 4 is 23.5 Å². The number of benzene rings is 1. The Morgan fingerprint density at radius 2 is 1.90 bits per heavy atom. The zero-order valence-corrected chi connectivity index (χ0v) is 10.9. The molecule has 3 N–H and O–H groups in total. The third-order valence-electron chi connectivity index (χ3n) is 2.96. The van der Waals surface area contributed by atoms with E-state index in [9.17, 15) is 14.4 Å². The van der Waals surface area contributed by atoms with E-state index in [1.807, 2.05) is 30.3 Å². The van der Waals surface area contributed by atoms with Crippen LogP contribution in [0.4, 0.5) is 10.5 Å². The van der Waals surface area contributed by atoms with Gasteiger partial charge in [0.1, 0.15) is 6.54 Å². The van der Waals surface area contributed by atoms with Gasteiger partial charge in [-0.1, -0.05) is 18.2 Å². The number of hydrogen-bond donors (Lipinski definition) is 2. The van der Waals surface area contributed by atoms with Crippen molar-refractivity contribution in [3.8, 4) is 0 Å². The molecule has 1 aromatic rings. The van der Waals surface area contributed by atoms with Crippen molar-refractivity contribution in [1.29, 1.82) is 0 Å². The maximum Gasteiger partial charge on any atom is 0.325 e. The van der Waals surface area contributed by atoms with Crippen molar-refractivity contribution in [2.24, 2.45) is 5.73 Å². The predicted octanol–water partition coefficient (Wildman–Crippen LogP) is -0.470. The van der Waals surface area contributed by atoms with E-state index in [4.69, 9.17) is 5.73 Å². The normalized spacial score (nSPS) is 14.5. The van der Waals surface area contributed by atoms with E-state index < -0.39 is 11.8 Å². The Kier molecular flexibility index (Phi) is 4.19. The Bertz CT molecular complexity index is 518. The number of carbonyl (C=O) groups excluding carboxylic acids is 3. The minimum Gasteiger partial charge on any atom is -0.368 e. The number of hydrogen-bond acceptors (Lipinski definition) is 3. The maximum atomic E-state index is 12.2. The summed E-state index contributed by atoms with van der Waals surface area (Å²) < 4.78 is 0. The number of carbonyl (C=O) groups is 3. The molecule has 0 atom stereocenters. The molecule has 0 aliphatic carbocycles. The molecule has 4 amide bonds. The lowest BCUT2D eigenvalue weighted by Crippen LogP contribution is -2.42. The zero-order chi connectivity index (χ0) is 14.5. The topological polar surface area (TPSA) is 95.7 Å². The average Bonchev–Trinajstić information content (AvgIpc) is 2.79. The summed E-state index contributed by atoms with van der Waals surface area (Å²) in [6, 6.07) is 9.04. The van der Waals surface area contributed by atoms with E-state index >= 15 is 0 Å². The SMILES string of the molecule is NC(=O)CNC(=O)CN1CCN(c2ccccc2)C1=O. The number of nitrogens with one attached hydrogen (secondary N) is 1. The smallest absolute Gasteiger partial charge is 0.325 e. The van der Waals surface area contributed by atoms with Crippen molar-refractivity contribution in [1.82, 2.24) is 10.2 Å². The van der Waals surface area contributed by atoms with Gasteiger partial charge in [0.15, 0.2) is 0 Å². The molecule has 2 rings (SSSR count). The quantitative estimate of drug-likeness (QED) is 0.761. The molecule has 1 fully saturated rings. The van der Waals surface area contributed by atoms with Gasteiger partial charge in [-0.15, -0.1) is 0 Å². The molecule has 7 heteroatoms. The molecular weight excluding hydrogens is 260 g/mol. The lowest BCUT2D eigenvalue weighted by molar-refractivity contribution is -0.125. The first kappa shape index (κ1) is 13.9. The Morgan fingerprint density at radius 3 is 2.55 bits per heavy atom. The lowest BCUT2D eigenvalue weighted by atomic mass is 10.3. The molecule has 0 radical (unpaired) electrons. The molecule has 0 spiro atoms. The Morgan fingerprint density at radius 1 is 1.20 bits per heavy atom. The van der Waals surface area contributed by atoms with Gasteiger partial charge in [0.2, 0.25) is 11.8 Å². The van der Waals surface area contributed by atoms with E-state index in [0.29, 0.717) is 13.1 Å². The Hall–Kier alpha value is -2.57. The molecule has 1 aliphatic heterocycles. The molecule has 20 heavy (non-hydrogen) atoms. The number of nitrogens with two attached hydrogens (primary N) is 1. The minimum atomic E-state index is -0.614. The van der Waals surface area contributed by atoms with Crippen LogP contribution in [-0.4, -0.2) is 48.9 Å². The van der Waals surface area contributed by atoms with Gasteiger partial charge in [0, 0.05) is 18.8 Å². The number of anilines is 1. The van der Waals surface area contributed by atoms with Crippen molar-refractivity contribution in [2.75, 3.05) is 31.1 Å². The number of urea groups is 1. The second-order valence-electron chi connectivity index (χ2n) is 4.43. The van der Waals surface area contributed by atoms with E-state index in [-0.39, 0.29) is 19.1 Å². The van der Waals surface area contributed by atoms with Gasteiger partial charge in [-0.2, -0.15) is 0 Å². The third kappa shape index (κ3) is 3.25. The van der Waals surface area contributed by atoms with E-state index in [0.717, 1.165) is 5.69 Å². The van der Waals surface area contributed by atoms with Crippen LogP contribution in [-0.2, 0) is 9.59 Å². The summed E-state index contributed by atoms with van der Waals surface area (Å²) >= 11 is 0. The van der Waals surface area contributed by atoms with Gasteiger partial charge in [0.25, 0.3) is 0 Å². The highest BCUT2D eigenvalue weighted by atomic mass is 16.2. The second kappa shape index (κ2) is 6.05. The van der Waals surface area contributed by atoms with Crippen molar-refractivity contribution in [3.63, 3.8) is 0 Å². The van der Waals surface area contributed by atoms with Crippen LogP contribution in [0.2, 0.25) is 0 Å². The van der Waals surface area contributed by atoms with Gasteiger partial charge in [0.05, 0.1) is 6.54 Å². The van der Waals surface area contributed by atoms with Gasteiger partial charge in [-0.05, 0) is 12.1 Å². The van der Waals surface area contributed by atoms with Crippen LogP contribution in [0, 0.1) is 0 Å². The molecule has 106 valence electrons. The molecule has 0 saturated carbocycles. The van der Waals surface area contributed by atoms with Crippen molar-refractivity contribution in [3.05, 3.63) is 30.3 Å². The van der Waals surface area contributed by atoms with Crippen LogP contribution in [0.5, 0.6) is 0 Å². The van der Waals surface area contributed by atoms with Gasteiger partial charge < -0.3 is 16.0 Å². The van der Waals surface area contributed by atoms with Gasteiger partial charge in [-0.3, -0.25) is 14.5 Å². The fourth-order valence-corrected chi connectivity index (χ4v) is 1.99. The number of amides is 4. The predicted molar refractivity (Wildman–Crippen MR) is 73.0 cm³/mol. The molecule has 0 aromatic heterocycles. The molecule has 0 bridgehead atoms. The monoisotopic (exact) mass is 276 g/mol. The number of nitrogens with zero attached hydrogens (tertiary/aromatic N) is 2. The summed E-state index contributed by atoms with van der Waals surface area (Å²) in [4.78, 5) is 37.3. The summed E-state index contributed by atoms with van der Waals surface area (Å²) in [6.45, 7) is 0.711. The highest BCUT2D eigenvalue weighted by Crippen LogP contribution is 2.19. The molecule has 7 nitrogen and oxygen atoms in total. The maximum absolute atomic E-state index is 12.2. The van der Waals surface area contributed by atoms with Gasteiger partial charge in [-0.25, -0.2) is 4.79 Å². The van der Waals surface area contributed by atoms with Crippen LogP contribution >= 0.6 is 0 Å². The third-order valence-corrected chi connectivity index (χ3v) is 2.96. The number of para-hydroxylation sites is 1. The van der Waals surface area contributed by atoms with Crippen LogP contribution in [0.1, 0.15) is 0 Å². The van der Waals surface area contributed by atoms with Crippen LogP contribution < -0.4 is 16.0 Å². The fraction of sp³-hybridized carbons (Fsp3) is 0.308. The first-order chi connectivity index (χ1) is 9.58.